The minimum atomic E-state index is 0.851. The maximum absolute atomic E-state index is 2.65. The Kier molecular flexibility index (Phi) is 8.28. The van der Waals surface area contributed by atoms with E-state index >= 15 is 0 Å². The molecule has 0 bridgehead atoms. The molecule has 0 nitrogen and oxygen atoms in total. The zero-order valence-electron chi connectivity index (χ0n) is 18.2. The average molecular weight is 379 g/mol. The molecule has 0 aromatic carbocycles. The third-order valence-electron chi connectivity index (χ3n) is 8.54. The van der Waals surface area contributed by atoms with Crippen LogP contribution in [0.3, 0.4) is 0 Å². The van der Waals surface area contributed by atoms with Gasteiger partial charge in [0, 0.05) is 5.25 Å². The zero-order chi connectivity index (χ0) is 18.5. The van der Waals surface area contributed by atoms with Gasteiger partial charge in [-0.2, -0.15) is 11.8 Å². The van der Waals surface area contributed by atoms with Crippen LogP contribution < -0.4 is 0 Å². The van der Waals surface area contributed by atoms with Crippen LogP contribution in [-0.2, 0) is 0 Å². The molecule has 0 N–H and O–H groups in total. The van der Waals surface area contributed by atoms with Gasteiger partial charge in [0.15, 0.2) is 0 Å². The summed E-state index contributed by atoms with van der Waals surface area (Å²) in [5, 5.41) is 0.907. The Balaban J connectivity index is 1.66. The molecular weight excluding hydrogens is 332 g/mol. The van der Waals surface area contributed by atoms with Crippen molar-refractivity contribution in [2.24, 2.45) is 41.4 Å². The van der Waals surface area contributed by atoms with Gasteiger partial charge >= 0.3 is 0 Å². The third kappa shape index (κ3) is 4.84. The fourth-order valence-electron chi connectivity index (χ4n) is 7.07. The molecule has 5 unspecified atom stereocenters. The van der Waals surface area contributed by atoms with E-state index in [0.717, 1.165) is 46.7 Å². The van der Waals surface area contributed by atoms with Gasteiger partial charge in [-0.25, -0.2) is 0 Å². The third-order valence-corrected chi connectivity index (χ3v) is 10.3. The molecule has 0 aromatic heterocycles. The van der Waals surface area contributed by atoms with Gasteiger partial charge in [-0.05, 0) is 79.3 Å². The van der Waals surface area contributed by atoms with E-state index in [4.69, 9.17) is 0 Å². The second kappa shape index (κ2) is 10.2. The van der Waals surface area contributed by atoms with Crippen molar-refractivity contribution < 1.29 is 0 Å². The molecule has 3 saturated carbocycles. The summed E-state index contributed by atoms with van der Waals surface area (Å²) < 4.78 is 0. The number of unbranched alkanes of at least 4 members (excludes halogenated alkanes) is 2. The first kappa shape index (κ1) is 21.1. The number of fused-ring (bicyclic) bond motifs is 2. The van der Waals surface area contributed by atoms with Gasteiger partial charge in [0.25, 0.3) is 0 Å². The molecule has 1 heteroatoms. The van der Waals surface area contributed by atoms with Crippen molar-refractivity contribution in [3.8, 4) is 0 Å². The minimum absolute atomic E-state index is 0.851. The Bertz CT molecular complexity index is 379. The van der Waals surface area contributed by atoms with E-state index < -0.39 is 0 Å². The molecule has 0 amide bonds. The van der Waals surface area contributed by atoms with Crippen LogP contribution in [0.1, 0.15) is 105 Å². The van der Waals surface area contributed by atoms with Gasteiger partial charge in [-0.15, -0.1) is 0 Å². The van der Waals surface area contributed by atoms with Crippen molar-refractivity contribution in [1.29, 1.82) is 0 Å². The molecule has 152 valence electrons. The molecule has 3 aliphatic carbocycles. The smallest absolute Gasteiger partial charge is 0.00701 e. The maximum Gasteiger partial charge on any atom is 0.00701 e. The van der Waals surface area contributed by atoms with Gasteiger partial charge < -0.3 is 0 Å². The lowest BCUT2D eigenvalue weighted by molar-refractivity contribution is -0.0451. The van der Waals surface area contributed by atoms with Crippen molar-refractivity contribution in [3.63, 3.8) is 0 Å². The highest BCUT2D eigenvalue weighted by atomic mass is 32.2. The summed E-state index contributed by atoms with van der Waals surface area (Å²) in [5.74, 6) is 8.73. The summed E-state index contributed by atoms with van der Waals surface area (Å²) in [6.45, 7) is 9.93. The van der Waals surface area contributed by atoms with Crippen LogP contribution in [0.4, 0.5) is 0 Å². The first-order valence-electron chi connectivity index (χ1n) is 12.2. The normalized spacial score (nSPS) is 38.7. The topological polar surface area (TPSA) is 0 Å². The fraction of sp³-hybridized carbons (Fsp3) is 1.00. The summed E-state index contributed by atoms with van der Waals surface area (Å²) in [7, 11) is 0. The SMILES string of the molecule is CCCCCC(SCC1C2CCCCC2C(C)C2CCCCC21)C(C)C. The van der Waals surface area contributed by atoms with E-state index in [1.54, 1.807) is 25.7 Å². The fourth-order valence-corrected chi connectivity index (χ4v) is 8.75. The van der Waals surface area contributed by atoms with E-state index in [1.165, 1.54) is 57.1 Å². The van der Waals surface area contributed by atoms with Crippen LogP contribution in [0.2, 0.25) is 0 Å². The molecule has 0 aliphatic heterocycles. The Morgan fingerprint density at radius 3 is 1.85 bits per heavy atom. The number of thioether (sulfide) groups is 1. The molecule has 3 rings (SSSR count). The summed E-state index contributed by atoms with van der Waals surface area (Å²) >= 11 is 2.40. The van der Waals surface area contributed by atoms with E-state index in [2.05, 4.69) is 39.5 Å². The lowest BCUT2D eigenvalue weighted by atomic mass is 9.51. The number of hydrogen-bond donors (Lipinski definition) is 0. The Morgan fingerprint density at radius 2 is 1.35 bits per heavy atom. The second-order valence-electron chi connectivity index (χ2n) is 10.4. The first-order valence-corrected chi connectivity index (χ1v) is 13.3. The maximum atomic E-state index is 2.65. The van der Waals surface area contributed by atoms with Crippen molar-refractivity contribution in [2.75, 3.05) is 5.75 Å². The van der Waals surface area contributed by atoms with Gasteiger partial charge in [-0.1, -0.05) is 72.6 Å². The van der Waals surface area contributed by atoms with E-state index in [-0.39, 0.29) is 0 Å². The van der Waals surface area contributed by atoms with Crippen molar-refractivity contribution in [3.05, 3.63) is 0 Å². The molecule has 0 radical (unpaired) electrons. The van der Waals surface area contributed by atoms with Gasteiger partial charge in [-0.3, -0.25) is 0 Å². The lowest BCUT2D eigenvalue weighted by Gasteiger charge is -2.55. The van der Waals surface area contributed by atoms with Gasteiger partial charge in [0.05, 0.1) is 0 Å². The number of hydrogen-bond acceptors (Lipinski definition) is 1. The molecule has 0 aromatic rings. The standard InChI is InChI=1S/C25H46S/c1-5-6-7-16-25(18(2)3)26-17-24-22-14-10-8-12-20(22)19(4)21-13-9-11-15-23(21)24/h18-25H,5-17H2,1-4H3. The average Bonchev–Trinajstić information content (AvgIpc) is 2.66. The van der Waals surface area contributed by atoms with Crippen molar-refractivity contribution in [1.82, 2.24) is 0 Å². The van der Waals surface area contributed by atoms with E-state index in [1.807, 2.05) is 0 Å². The molecule has 3 fully saturated rings. The highest BCUT2D eigenvalue weighted by molar-refractivity contribution is 7.99. The van der Waals surface area contributed by atoms with Crippen LogP contribution in [-0.4, -0.2) is 11.0 Å². The predicted molar refractivity (Wildman–Crippen MR) is 119 cm³/mol. The lowest BCUT2D eigenvalue weighted by Crippen LogP contribution is -2.48. The van der Waals surface area contributed by atoms with Crippen LogP contribution >= 0.6 is 11.8 Å². The molecular formula is C25H46S. The largest absolute Gasteiger partial charge is 0.158 e. The molecule has 0 spiro atoms. The van der Waals surface area contributed by atoms with E-state index in [0.29, 0.717) is 0 Å². The first-order chi connectivity index (χ1) is 12.6. The van der Waals surface area contributed by atoms with Gasteiger partial charge in [0.1, 0.15) is 0 Å². The summed E-state index contributed by atoms with van der Waals surface area (Å²) in [5.41, 5.74) is 0. The predicted octanol–water partition coefficient (Wildman–Crippen LogP) is 8.20. The van der Waals surface area contributed by atoms with Gasteiger partial charge in [0.2, 0.25) is 0 Å². The van der Waals surface area contributed by atoms with Crippen LogP contribution in [0.15, 0.2) is 0 Å². The molecule has 5 atom stereocenters. The Morgan fingerprint density at radius 1 is 0.808 bits per heavy atom. The summed E-state index contributed by atoms with van der Waals surface area (Å²) in [4.78, 5) is 0. The zero-order valence-corrected chi connectivity index (χ0v) is 19.0. The van der Waals surface area contributed by atoms with Crippen LogP contribution in [0, 0.1) is 41.4 Å². The second-order valence-corrected chi connectivity index (χ2v) is 11.6. The molecule has 0 heterocycles. The highest BCUT2D eigenvalue weighted by Crippen LogP contribution is 2.56. The molecule has 26 heavy (non-hydrogen) atoms. The highest BCUT2D eigenvalue weighted by Gasteiger charge is 2.49. The van der Waals surface area contributed by atoms with Crippen LogP contribution in [0.5, 0.6) is 0 Å². The molecule has 3 aliphatic rings. The molecule has 0 saturated heterocycles. The van der Waals surface area contributed by atoms with Crippen LogP contribution in [0.25, 0.3) is 0 Å². The number of rotatable bonds is 8. The monoisotopic (exact) mass is 378 g/mol. The van der Waals surface area contributed by atoms with Crippen molar-refractivity contribution in [2.45, 2.75) is 110 Å². The quantitative estimate of drug-likeness (QED) is 0.383. The minimum Gasteiger partial charge on any atom is -0.158 e. The summed E-state index contributed by atoms with van der Waals surface area (Å²) in [6.07, 6.45) is 18.0. The van der Waals surface area contributed by atoms with Crippen molar-refractivity contribution >= 4 is 11.8 Å². The summed E-state index contributed by atoms with van der Waals surface area (Å²) in [6, 6.07) is 0. The Hall–Kier alpha value is 0.350. The Labute approximate surface area is 169 Å². The van der Waals surface area contributed by atoms with E-state index in [9.17, 15) is 0 Å².